The molecule has 0 radical (unpaired) electrons. The Hall–Kier alpha value is -1.63. The van der Waals surface area contributed by atoms with E-state index in [-0.39, 0.29) is 19.3 Å². The monoisotopic (exact) mass is 458 g/mol. The van der Waals surface area contributed by atoms with Gasteiger partial charge in [0.1, 0.15) is 0 Å². The molecule has 2 atom stereocenters. The molecule has 32 heavy (non-hydrogen) atoms. The van der Waals surface area contributed by atoms with Gasteiger partial charge >= 0.3 is 17.9 Å². The lowest BCUT2D eigenvalue weighted by Gasteiger charge is -2.25. The lowest BCUT2D eigenvalue weighted by Crippen LogP contribution is -2.45. The summed E-state index contributed by atoms with van der Waals surface area (Å²) in [5.74, 6) is -2.44. The molecule has 0 aliphatic heterocycles. The largest absolute Gasteiger partial charge is 0.466 e. The topological polar surface area (TPSA) is 99.1 Å². The normalized spacial score (nSPS) is 13.8. The van der Waals surface area contributed by atoms with Crippen LogP contribution in [0.3, 0.4) is 0 Å². The molecule has 0 rings (SSSR count). The smallest absolute Gasteiger partial charge is 0.339 e. The number of carbonyl (C=O) groups is 3. The van der Waals surface area contributed by atoms with Crippen LogP contribution in [0.15, 0.2) is 0 Å². The van der Waals surface area contributed by atoms with Crippen molar-refractivity contribution < 1.29 is 33.7 Å². The van der Waals surface area contributed by atoms with Crippen molar-refractivity contribution in [2.24, 2.45) is 0 Å². The maximum atomic E-state index is 12.6. The lowest BCUT2D eigenvalue weighted by molar-refractivity contribution is -0.179. The molecule has 2 unspecified atom stereocenters. The van der Waals surface area contributed by atoms with E-state index >= 15 is 0 Å². The van der Waals surface area contributed by atoms with Gasteiger partial charge in [-0.05, 0) is 26.2 Å². The van der Waals surface area contributed by atoms with Gasteiger partial charge in [0.25, 0.3) is 0 Å². The molecule has 0 aliphatic rings. The molecule has 0 aromatic rings. The Bertz CT molecular complexity index is 520. The van der Waals surface area contributed by atoms with E-state index in [4.69, 9.17) is 14.2 Å². The van der Waals surface area contributed by atoms with E-state index in [1.807, 2.05) is 6.92 Å². The molecule has 1 N–H and O–H groups in total. The molecular formula is C25H46O7. The van der Waals surface area contributed by atoms with Gasteiger partial charge in [-0.15, -0.1) is 0 Å². The molecule has 7 nitrogen and oxygen atoms in total. The van der Waals surface area contributed by atoms with E-state index in [2.05, 4.69) is 13.8 Å². The summed E-state index contributed by atoms with van der Waals surface area (Å²) in [7, 11) is 0. The van der Waals surface area contributed by atoms with Crippen molar-refractivity contribution in [1.82, 2.24) is 0 Å². The minimum atomic E-state index is -2.29. The van der Waals surface area contributed by atoms with Crippen LogP contribution in [0.5, 0.6) is 0 Å². The average molecular weight is 459 g/mol. The van der Waals surface area contributed by atoms with Crippen molar-refractivity contribution in [2.45, 2.75) is 129 Å². The summed E-state index contributed by atoms with van der Waals surface area (Å²) in [6.07, 6.45) is 9.77. The predicted octanol–water partition coefficient (Wildman–Crippen LogP) is 5.26. The van der Waals surface area contributed by atoms with Gasteiger partial charge in [-0.1, -0.05) is 78.6 Å². The Morgan fingerprint density at radius 3 is 1.75 bits per heavy atom. The van der Waals surface area contributed by atoms with Crippen molar-refractivity contribution >= 4 is 17.9 Å². The molecule has 0 aromatic carbocycles. The molecule has 7 heteroatoms. The summed E-state index contributed by atoms with van der Waals surface area (Å²) >= 11 is 0. The predicted molar refractivity (Wildman–Crippen MR) is 124 cm³/mol. The van der Waals surface area contributed by atoms with Crippen molar-refractivity contribution in [3.8, 4) is 0 Å². The van der Waals surface area contributed by atoms with E-state index in [1.54, 1.807) is 6.92 Å². The van der Waals surface area contributed by atoms with Crippen LogP contribution >= 0.6 is 0 Å². The SMILES string of the molecule is CCCCCCCOC(=O)CC(O)(CC(=O)OC(C)CCC)C(=O)OCCCCCCC. The zero-order valence-corrected chi connectivity index (χ0v) is 20.8. The summed E-state index contributed by atoms with van der Waals surface area (Å²) in [5, 5.41) is 10.9. The molecule has 0 bridgehead atoms. The number of unbranched alkanes of at least 4 members (excludes halogenated alkanes) is 8. The van der Waals surface area contributed by atoms with Crippen LogP contribution in [-0.4, -0.2) is 47.9 Å². The molecule has 0 saturated carbocycles. The van der Waals surface area contributed by atoms with Crippen LogP contribution in [0.1, 0.15) is 118 Å². The third kappa shape index (κ3) is 15.2. The first-order chi connectivity index (χ1) is 15.3. The Balaban J connectivity index is 4.79. The fraction of sp³-hybridized carbons (Fsp3) is 0.880. The van der Waals surface area contributed by atoms with E-state index < -0.39 is 36.4 Å². The van der Waals surface area contributed by atoms with Crippen molar-refractivity contribution in [3.05, 3.63) is 0 Å². The van der Waals surface area contributed by atoms with Crippen LogP contribution < -0.4 is 0 Å². The van der Waals surface area contributed by atoms with Gasteiger partial charge in [0.2, 0.25) is 0 Å². The van der Waals surface area contributed by atoms with Gasteiger partial charge in [-0.3, -0.25) is 9.59 Å². The Morgan fingerprint density at radius 1 is 0.719 bits per heavy atom. The van der Waals surface area contributed by atoms with Crippen LogP contribution in [0, 0.1) is 0 Å². The molecule has 0 heterocycles. The molecule has 0 fully saturated rings. The van der Waals surface area contributed by atoms with Crippen molar-refractivity contribution in [2.75, 3.05) is 13.2 Å². The third-order valence-corrected chi connectivity index (χ3v) is 5.27. The standard InChI is InChI=1S/C25H46O7/c1-5-8-10-12-14-17-30-22(26)19-25(29,20-23(27)32-21(4)16-7-3)24(28)31-18-15-13-11-9-6-2/h21,29H,5-20H2,1-4H3. The second-order valence-electron chi connectivity index (χ2n) is 8.66. The number of carbonyl (C=O) groups excluding carboxylic acids is 3. The number of aliphatic hydroxyl groups is 1. The van der Waals surface area contributed by atoms with E-state index in [0.717, 1.165) is 64.2 Å². The highest BCUT2D eigenvalue weighted by Gasteiger charge is 2.43. The molecule has 0 aliphatic carbocycles. The number of hydrogen-bond acceptors (Lipinski definition) is 7. The Labute approximate surface area is 194 Å². The van der Waals surface area contributed by atoms with Gasteiger partial charge in [0, 0.05) is 0 Å². The maximum Gasteiger partial charge on any atom is 0.339 e. The van der Waals surface area contributed by atoms with Crippen molar-refractivity contribution in [1.29, 1.82) is 0 Å². The third-order valence-electron chi connectivity index (χ3n) is 5.27. The van der Waals surface area contributed by atoms with Gasteiger partial charge in [-0.25, -0.2) is 4.79 Å². The van der Waals surface area contributed by atoms with Gasteiger partial charge < -0.3 is 19.3 Å². The first kappa shape index (κ1) is 30.4. The van der Waals surface area contributed by atoms with Crippen LogP contribution in [-0.2, 0) is 28.6 Å². The second-order valence-corrected chi connectivity index (χ2v) is 8.66. The minimum absolute atomic E-state index is 0.138. The van der Waals surface area contributed by atoms with Crippen LogP contribution in [0.4, 0.5) is 0 Å². The quantitative estimate of drug-likeness (QED) is 0.151. The summed E-state index contributed by atoms with van der Waals surface area (Å²) < 4.78 is 15.7. The number of hydrogen-bond donors (Lipinski definition) is 1. The van der Waals surface area contributed by atoms with Gasteiger partial charge in [0.15, 0.2) is 5.60 Å². The highest BCUT2D eigenvalue weighted by molar-refractivity contribution is 5.90. The summed E-state index contributed by atoms with van der Waals surface area (Å²) in [4.78, 5) is 37.2. The first-order valence-corrected chi connectivity index (χ1v) is 12.5. The van der Waals surface area contributed by atoms with E-state index in [0.29, 0.717) is 12.8 Å². The van der Waals surface area contributed by atoms with Gasteiger partial charge in [-0.2, -0.15) is 0 Å². The fourth-order valence-electron chi connectivity index (χ4n) is 3.36. The Kier molecular flexibility index (Phi) is 17.9. The van der Waals surface area contributed by atoms with Crippen molar-refractivity contribution in [3.63, 3.8) is 0 Å². The summed E-state index contributed by atoms with van der Waals surface area (Å²) in [6, 6.07) is 0. The fourth-order valence-corrected chi connectivity index (χ4v) is 3.36. The number of rotatable bonds is 20. The van der Waals surface area contributed by atoms with E-state index in [1.165, 1.54) is 0 Å². The highest BCUT2D eigenvalue weighted by atomic mass is 16.6. The van der Waals surface area contributed by atoms with E-state index in [9.17, 15) is 19.5 Å². The zero-order chi connectivity index (χ0) is 24.2. The van der Waals surface area contributed by atoms with Gasteiger partial charge in [0.05, 0.1) is 32.2 Å². The summed E-state index contributed by atoms with van der Waals surface area (Å²) in [5.41, 5.74) is -2.29. The Morgan fingerprint density at radius 2 is 1.22 bits per heavy atom. The van der Waals surface area contributed by atoms with Crippen LogP contribution in [0.2, 0.25) is 0 Å². The lowest BCUT2D eigenvalue weighted by atomic mass is 9.95. The second kappa shape index (κ2) is 18.9. The average Bonchev–Trinajstić information content (AvgIpc) is 2.72. The zero-order valence-electron chi connectivity index (χ0n) is 20.8. The number of ether oxygens (including phenoxy) is 3. The molecule has 0 saturated heterocycles. The molecule has 0 amide bonds. The highest BCUT2D eigenvalue weighted by Crippen LogP contribution is 2.21. The maximum absolute atomic E-state index is 12.6. The first-order valence-electron chi connectivity index (χ1n) is 12.5. The minimum Gasteiger partial charge on any atom is -0.466 e. The molecule has 188 valence electrons. The molecule has 0 spiro atoms. The van der Waals surface area contributed by atoms with Crippen LogP contribution in [0.25, 0.3) is 0 Å². The summed E-state index contributed by atoms with van der Waals surface area (Å²) in [6.45, 7) is 8.32. The molecule has 0 aromatic heterocycles. The molecular weight excluding hydrogens is 412 g/mol. The number of esters is 3.